The van der Waals surface area contributed by atoms with Crippen molar-refractivity contribution in [2.24, 2.45) is 0 Å². The summed E-state index contributed by atoms with van der Waals surface area (Å²) < 4.78 is 42.7. The number of benzene rings is 2. The Morgan fingerprint density at radius 3 is 2.46 bits per heavy atom. The summed E-state index contributed by atoms with van der Waals surface area (Å²) in [5.41, 5.74) is 1.61. The van der Waals surface area contributed by atoms with Gasteiger partial charge >= 0.3 is 0 Å². The van der Waals surface area contributed by atoms with E-state index in [-0.39, 0.29) is 11.4 Å². The molecule has 0 aromatic heterocycles. The van der Waals surface area contributed by atoms with E-state index in [9.17, 15) is 8.42 Å². The third-order valence-electron chi connectivity index (χ3n) is 3.94. The van der Waals surface area contributed by atoms with Gasteiger partial charge in [0.25, 0.3) is 0 Å². The Morgan fingerprint density at radius 2 is 1.81 bits per heavy atom. The van der Waals surface area contributed by atoms with Gasteiger partial charge in [-0.2, -0.15) is 4.31 Å². The fourth-order valence-electron chi connectivity index (χ4n) is 2.47. The van der Waals surface area contributed by atoms with Crippen molar-refractivity contribution < 1.29 is 22.6 Å². The molecule has 0 fully saturated rings. The number of aryl methyl sites for hydroxylation is 1. The van der Waals surface area contributed by atoms with Crippen molar-refractivity contribution in [1.82, 2.24) is 4.31 Å². The highest BCUT2D eigenvalue weighted by Crippen LogP contribution is 2.25. The molecule has 0 bridgehead atoms. The summed E-state index contributed by atoms with van der Waals surface area (Å²) in [5, 5.41) is 0. The summed E-state index contributed by atoms with van der Waals surface area (Å²) in [7, 11) is 1.14. The molecule has 2 aromatic carbocycles. The van der Waals surface area contributed by atoms with Gasteiger partial charge < -0.3 is 14.2 Å². The molecule has 0 aliphatic rings. The molecule has 7 heteroatoms. The van der Waals surface area contributed by atoms with Crippen LogP contribution in [-0.4, -0.2) is 47.2 Å². The molecule has 0 aliphatic carbocycles. The quantitative estimate of drug-likeness (QED) is 0.627. The van der Waals surface area contributed by atoms with Gasteiger partial charge in [0.1, 0.15) is 18.1 Å². The maximum absolute atomic E-state index is 12.8. The Bertz CT molecular complexity index is 836. The first kappa shape index (κ1) is 20.2. The van der Waals surface area contributed by atoms with Crippen LogP contribution in [0.3, 0.4) is 0 Å². The van der Waals surface area contributed by atoms with Gasteiger partial charge in [0.05, 0.1) is 18.6 Å². The minimum Gasteiger partial charge on any atom is -0.497 e. The monoisotopic (exact) mass is 379 g/mol. The molecule has 2 rings (SSSR count). The lowest BCUT2D eigenvalue weighted by Crippen LogP contribution is -2.26. The largest absolute Gasteiger partial charge is 0.497 e. The number of ether oxygens (including phenoxy) is 3. The third kappa shape index (κ3) is 4.97. The standard InChI is InChI=1S/C19H25NO5S/c1-15-12-18(8-9-19(15)25-11-10-23-3)26(21,22)20(2)14-16-6-5-7-17(13-16)24-4/h5-9,12-13H,10-11,14H2,1-4H3. The van der Waals surface area contributed by atoms with Crippen LogP contribution in [0.1, 0.15) is 11.1 Å². The van der Waals surface area contributed by atoms with E-state index in [0.29, 0.717) is 24.7 Å². The number of hydrogen-bond acceptors (Lipinski definition) is 5. The van der Waals surface area contributed by atoms with Gasteiger partial charge in [-0.05, 0) is 48.4 Å². The molecule has 2 aromatic rings. The van der Waals surface area contributed by atoms with Crippen LogP contribution < -0.4 is 9.47 Å². The topological polar surface area (TPSA) is 65.1 Å². The van der Waals surface area contributed by atoms with Crippen molar-refractivity contribution in [2.75, 3.05) is 34.5 Å². The number of hydrogen-bond donors (Lipinski definition) is 0. The van der Waals surface area contributed by atoms with E-state index in [0.717, 1.165) is 11.1 Å². The Morgan fingerprint density at radius 1 is 1.04 bits per heavy atom. The number of methoxy groups -OCH3 is 2. The minimum absolute atomic E-state index is 0.236. The molecule has 142 valence electrons. The molecule has 0 spiro atoms. The predicted octanol–water partition coefficient (Wildman–Crippen LogP) is 2.85. The van der Waals surface area contributed by atoms with Gasteiger partial charge in [0.2, 0.25) is 10.0 Å². The predicted molar refractivity (Wildman–Crippen MR) is 100 cm³/mol. The summed E-state index contributed by atoms with van der Waals surface area (Å²) in [6.07, 6.45) is 0. The van der Waals surface area contributed by atoms with E-state index in [1.54, 1.807) is 39.5 Å². The maximum atomic E-state index is 12.8. The first-order chi connectivity index (χ1) is 12.4. The number of nitrogens with zero attached hydrogens (tertiary/aromatic N) is 1. The van der Waals surface area contributed by atoms with E-state index in [2.05, 4.69) is 0 Å². The second-order valence-corrected chi connectivity index (χ2v) is 7.93. The van der Waals surface area contributed by atoms with Crippen molar-refractivity contribution in [3.05, 3.63) is 53.6 Å². The first-order valence-corrected chi connectivity index (χ1v) is 9.64. The van der Waals surface area contributed by atoms with Crippen LogP contribution in [0, 0.1) is 6.92 Å². The smallest absolute Gasteiger partial charge is 0.243 e. The summed E-state index contributed by atoms with van der Waals surface area (Å²) in [5.74, 6) is 1.35. The summed E-state index contributed by atoms with van der Waals surface area (Å²) in [6.45, 7) is 2.97. The molecule has 0 unspecified atom stereocenters. The zero-order valence-electron chi connectivity index (χ0n) is 15.6. The average molecular weight is 379 g/mol. The lowest BCUT2D eigenvalue weighted by molar-refractivity contribution is 0.146. The van der Waals surface area contributed by atoms with Gasteiger partial charge in [-0.3, -0.25) is 0 Å². The minimum atomic E-state index is -3.61. The van der Waals surface area contributed by atoms with Crippen LogP contribution in [0.15, 0.2) is 47.4 Å². The van der Waals surface area contributed by atoms with Gasteiger partial charge in [-0.25, -0.2) is 8.42 Å². The zero-order chi connectivity index (χ0) is 19.2. The lowest BCUT2D eigenvalue weighted by atomic mass is 10.2. The molecular weight excluding hydrogens is 354 g/mol. The maximum Gasteiger partial charge on any atom is 0.243 e. The molecule has 26 heavy (non-hydrogen) atoms. The third-order valence-corrected chi connectivity index (χ3v) is 5.74. The van der Waals surface area contributed by atoms with Crippen LogP contribution >= 0.6 is 0 Å². The van der Waals surface area contributed by atoms with Gasteiger partial charge in [0.15, 0.2) is 0 Å². The Hall–Kier alpha value is -2.09. The van der Waals surface area contributed by atoms with Crippen LogP contribution in [0.4, 0.5) is 0 Å². The number of rotatable bonds is 9. The molecule has 0 N–H and O–H groups in total. The molecule has 0 aliphatic heterocycles. The van der Waals surface area contributed by atoms with Crippen LogP contribution in [0.25, 0.3) is 0 Å². The Balaban J connectivity index is 2.16. The van der Waals surface area contributed by atoms with Crippen molar-refractivity contribution in [2.45, 2.75) is 18.4 Å². The fourth-order valence-corrected chi connectivity index (χ4v) is 3.72. The van der Waals surface area contributed by atoms with Gasteiger partial charge in [-0.15, -0.1) is 0 Å². The number of sulfonamides is 1. The molecule has 0 amide bonds. The second kappa shape index (κ2) is 9.02. The van der Waals surface area contributed by atoms with Crippen LogP contribution in [-0.2, 0) is 21.3 Å². The van der Waals surface area contributed by atoms with Gasteiger partial charge in [-0.1, -0.05) is 12.1 Å². The molecule has 0 saturated carbocycles. The fraction of sp³-hybridized carbons (Fsp3) is 0.368. The summed E-state index contributed by atoms with van der Waals surface area (Å²) in [4.78, 5) is 0.236. The molecule has 6 nitrogen and oxygen atoms in total. The van der Waals surface area contributed by atoms with Crippen LogP contribution in [0.5, 0.6) is 11.5 Å². The average Bonchev–Trinajstić information content (AvgIpc) is 2.63. The highest BCUT2D eigenvalue weighted by Gasteiger charge is 2.22. The highest BCUT2D eigenvalue weighted by atomic mass is 32.2. The van der Waals surface area contributed by atoms with E-state index in [4.69, 9.17) is 14.2 Å². The molecule has 0 saturated heterocycles. The Kier molecular flexibility index (Phi) is 7.02. The zero-order valence-corrected chi connectivity index (χ0v) is 16.4. The van der Waals surface area contributed by atoms with Crippen LogP contribution in [0.2, 0.25) is 0 Å². The molecule has 0 atom stereocenters. The Labute approximate surface area is 155 Å². The molecule has 0 radical (unpaired) electrons. The summed E-state index contributed by atoms with van der Waals surface area (Å²) >= 11 is 0. The van der Waals surface area contributed by atoms with E-state index >= 15 is 0 Å². The second-order valence-electron chi connectivity index (χ2n) is 5.88. The van der Waals surface area contributed by atoms with E-state index in [1.165, 1.54) is 4.31 Å². The van der Waals surface area contributed by atoms with Crippen molar-refractivity contribution >= 4 is 10.0 Å². The van der Waals surface area contributed by atoms with E-state index in [1.807, 2.05) is 31.2 Å². The first-order valence-electron chi connectivity index (χ1n) is 8.20. The highest BCUT2D eigenvalue weighted by molar-refractivity contribution is 7.89. The van der Waals surface area contributed by atoms with Crippen molar-refractivity contribution in [3.63, 3.8) is 0 Å². The van der Waals surface area contributed by atoms with Crippen molar-refractivity contribution in [3.8, 4) is 11.5 Å². The van der Waals surface area contributed by atoms with E-state index < -0.39 is 10.0 Å². The molecular formula is C19H25NO5S. The molecule has 0 heterocycles. The SMILES string of the molecule is COCCOc1ccc(S(=O)(=O)N(C)Cc2cccc(OC)c2)cc1C. The lowest BCUT2D eigenvalue weighted by Gasteiger charge is -2.18. The normalized spacial score (nSPS) is 11.6. The van der Waals surface area contributed by atoms with Gasteiger partial charge in [0, 0.05) is 20.7 Å². The van der Waals surface area contributed by atoms with Crippen molar-refractivity contribution in [1.29, 1.82) is 0 Å². The summed E-state index contributed by atoms with van der Waals surface area (Å²) in [6, 6.07) is 12.2.